The van der Waals surface area contributed by atoms with E-state index in [0.29, 0.717) is 5.92 Å². The van der Waals surface area contributed by atoms with Gasteiger partial charge in [0.05, 0.1) is 6.10 Å². The Morgan fingerprint density at radius 1 is 1.29 bits per heavy atom. The second-order valence-corrected chi connectivity index (χ2v) is 6.06. The molecule has 0 aliphatic rings. The number of rotatable bonds is 4. The molecule has 1 aromatic carbocycles. The number of hydrogen-bond donors (Lipinski definition) is 1. The molecule has 0 fully saturated rings. The molecule has 0 saturated carbocycles. The molecule has 0 saturated heterocycles. The fourth-order valence-electron chi connectivity index (χ4n) is 2.26. The van der Waals surface area contributed by atoms with Gasteiger partial charge in [-0.3, -0.25) is 0 Å². The lowest BCUT2D eigenvalue weighted by Crippen LogP contribution is -2.10. The molecule has 0 radical (unpaired) electrons. The number of halogens is 1. The molecule has 1 heterocycles. The van der Waals surface area contributed by atoms with Crippen LogP contribution in [0.3, 0.4) is 0 Å². The van der Waals surface area contributed by atoms with Crippen LogP contribution in [0.4, 0.5) is 0 Å². The summed E-state index contributed by atoms with van der Waals surface area (Å²) in [5.74, 6) is 0.354. The monoisotopic (exact) mass is 312 g/mol. The van der Waals surface area contributed by atoms with Crippen LogP contribution in [0.2, 0.25) is 0 Å². The van der Waals surface area contributed by atoms with Crippen LogP contribution in [0.15, 0.2) is 28.1 Å². The van der Waals surface area contributed by atoms with E-state index in [0.717, 1.165) is 22.9 Å². The van der Waals surface area contributed by atoms with Gasteiger partial charge in [0.2, 0.25) is 0 Å². The number of aliphatic hydroxyl groups excluding tert-OH is 1. The number of hydrogen-bond acceptors (Lipinski definition) is 2. The first-order valence-electron chi connectivity index (χ1n) is 6.02. The van der Waals surface area contributed by atoms with Gasteiger partial charge in [0.15, 0.2) is 0 Å². The molecule has 92 valence electrons. The standard InChI is InChI=1S/C14H17BrOS/c1-3-9(4-2)13(16)11-8-17-14-10(11)6-5-7-12(14)15/h5-9,13,16H,3-4H2,1-2H3. The minimum Gasteiger partial charge on any atom is -0.388 e. The van der Waals surface area contributed by atoms with Crippen molar-refractivity contribution in [2.45, 2.75) is 32.8 Å². The molecule has 0 bridgehead atoms. The van der Waals surface area contributed by atoms with Crippen molar-refractivity contribution in [2.75, 3.05) is 0 Å². The maximum atomic E-state index is 10.4. The number of fused-ring (bicyclic) bond motifs is 1. The zero-order valence-electron chi connectivity index (χ0n) is 10.1. The van der Waals surface area contributed by atoms with Crippen LogP contribution in [-0.2, 0) is 0 Å². The van der Waals surface area contributed by atoms with E-state index < -0.39 is 0 Å². The summed E-state index contributed by atoms with van der Waals surface area (Å²) >= 11 is 5.26. The van der Waals surface area contributed by atoms with Crippen LogP contribution in [0.1, 0.15) is 38.4 Å². The Morgan fingerprint density at radius 3 is 2.65 bits per heavy atom. The van der Waals surface area contributed by atoms with Crippen molar-refractivity contribution in [1.82, 2.24) is 0 Å². The smallest absolute Gasteiger partial charge is 0.0832 e. The summed E-state index contributed by atoms with van der Waals surface area (Å²) in [5.41, 5.74) is 1.08. The predicted molar refractivity (Wildman–Crippen MR) is 78.6 cm³/mol. The molecule has 2 aromatic rings. The Bertz CT molecular complexity index is 502. The maximum absolute atomic E-state index is 10.4. The average molecular weight is 313 g/mol. The van der Waals surface area contributed by atoms with Crippen LogP contribution in [0.25, 0.3) is 10.1 Å². The van der Waals surface area contributed by atoms with E-state index in [9.17, 15) is 5.11 Å². The molecule has 17 heavy (non-hydrogen) atoms. The first kappa shape index (κ1) is 13.1. The molecule has 0 aliphatic heterocycles. The Labute approximate surface area is 115 Å². The van der Waals surface area contributed by atoms with Crippen LogP contribution in [0, 0.1) is 5.92 Å². The van der Waals surface area contributed by atoms with Crippen molar-refractivity contribution in [1.29, 1.82) is 0 Å². The highest BCUT2D eigenvalue weighted by Gasteiger charge is 2.21. The van der Waals surface area contributed by atoms with Crippen LogP contribution >= 0.6 is 27.3 Å². The number of thiophene rings is 1. The maximum Gasteiger partial charge on any atom is 0.0832 e. The first-order chi connectivity index (χ1) is 8.19. The lowest BCUT2D eigenvalue weighted by Gasteiger charge is -2.19. The van der Waals surface area contributed by atoms with E-state index in [-0.39, 0.29) is 6.10 Å². The molecule has 1 atom stereocenters. The summed E-state index contributed by atoms with van der Waals surface area (Å²) < 4.78 is 2.34. The fourth-order valence-corrected chi connectivity index (χ4v) is 3.91. The highest BCUT2D eigenvalue weighted by Crippen LogP contribution is 2.38. The third-order valence-electron chi connectivity index (χ3n) is 3.40. The van der Waals surface area contributed by atoms with Gasteiger partial charge >= 0.3 is 0 Å². The van der Waals surface area contributed by atoms with E-state index in [2.05, 4.69) is 41.2 Å². The fraction of sp³-hybridized carbons (Fsp3) is 0.429. The van der Waals surface area contributed by atoms with Crippen molar-refractivity contribution in [3.05, 3.63) is 33.6 Å². The average Bonchev–Trinajstić information content (AvgIpc) is 2.75. The summed E-state index contributed by atoms with van der Waals surface area (Å²) in [6, 6.07) is 6.17. The van der Waals surface area contributed by atoms with E-state index in [1.165, 1.54) is 10.1 Å². The topological polar surface area (TPSA) is 20.2 Å². The van der Waals surface area contributed by atoms with Gasteiger partial charge in [0.1, 0.15) is 0 Å². The molecule has 1 unspecified atom stereocenters. The summed E-state index contributed by atoms with van der Waals surface area (Å²) in [6.45, 7) is 4.28. The number of aliphatic hydroxyl groups is 1. The van der Waals surface area contributed by atoms with Gasteiger partial charge in [0, 0.05) is 9.17 Å². The molecule has 1 aromatic heterocycles. The molecule has 0 aliphatic carbocycles. The summed E-state index contributed by atoms with van der Waals surface area (Å²) in [4.78, 5) is 0. The first-order valence-corrected chi connectivity index (χ1v) is 7.70. The molecule has 0 amide bonds. The van der Waals surface area contributed by atoms with Crippen molar-refractivity contribution >= 4 is 37.4 Å². The SMILES string of the molecule is CCC(CC)C(O)c1csc2c(Br)cccc12. The third kappa shape index (κ3) is 2.42. The van der Waals surface area contributed by atoms with Crippen LogP contribution in [0.5, 0.6) is 0 Å². The largest absolute Gasteiger partial charge is 0.388 e. The normalized spacial score (nSPS) is 13.5. The minimum atomic E-state index is -0.340. The summed E-state index contributed by atoms with van der Waals surface area (Å²) in [6.07, 6.45) is 1.69. The highest BCUT2D eigenvalue weighted by molar-refractivity contribution is 9.10. The number of benzene rings is 1. The van der Waals surface area contributed by atoms with Gasteiger partial charge < -0.3 is 5.11 Å². The molecule has 2 rings (SSSR count). The van der Waals surface area contributed by atoms with Crippen LogP contribution < -0.4 is 0 Å². The van der Waals surface area contributed by atoms with E-state index in [1.54, 1.807) is 11.3 Å². The predicted octanol–water partition coefficient (Wildman–Crippen LogP) is 5.13. The Hall–Kier alpha value is -0.380. The molecular weight excluding hydrogens is 296 g/mol. The van der Waals surface area contributed by atoms with Gasteiger partial charge in [-0.2, -0.15) is 0 Å². The molecule has 3 heteroatoms. The lowest BCUT2D eigenvalue weighted by atomic mass is 9.91. The molecule has 0 spiro atoms. The molecule has 1 N–H and O–H groups in total. The van der Waals surface area contributed by atoms with Crippen LogP contribution in [-0.4, -0.2) is 5.11 Å². The van der Waals surface area contributed by atoms with Gasteiger partial charge in [-0.25, -0.2) is 0 Å². The molecule has 1 nitrogen and oxygen atoms in total. The van der Waals surface area contributed by atoms with E-state index in [4.69, 9.17) is 0 Å². The Balaban J connectivity index is 2.45. The van der Waals surface area contributed by atoms with Crippen molar-refractivity contribution in [3.8, 4) is 0 Å². The van der Waals surface area contributed by atoms with Crippen molar-refractivity contribution in [2.24, 2.45) is 5.92 Å². The van der Waals surface area contributed by atoms with E-state index >= 15 is 0 Å². The van der Waals surface area contributed by atoms with Gasteiger partial charge in [-0.15, -0.1) is 11.3 Å². The minimum absolute atomic E-state index is 0.340. The molecular formula is C14H17BrOS. The van der Waals surface area contributed by atoms with Crippen molar-refractivity contribution < 1.29 is 5.11 Å². The van der Waals surface area contributed by atoms with Gasteiger partial charge in [0.25, 0.3) is 0 Å². The van der Waals surface area contributed by atoms with Crippen molar-refractivity contribution in [3.63, 3.8) is 0 Å². The third-order valence-corrected chi connectivity index (χ3v) is 5.37. The second-order valence-electron chi connectivity index (χ2n) is 4.33. The zero-order chi connectivity index (χ0) is 12.4. The zero-order valence-corrected chi connectivity index (χ0v) is 12.5. The second kappa shape index (κ2) is 5.51. The van der Waals surface area contributed by atoms with E-state index in [1.807, 2.05) is 12.1 Å². The van der Waals surface area contributed by atoms with Gasteiger partial charge in [-0.1, -0.05) is 38.8 Å². The summed E-state index contributed by atoms with van der Waals surface area (Å²) in [5, 5.41) is 13.7. The lowest BCUT2D eigenvalue weighted by molar-refractivity contribution is 0.105. The Morgan fingerprint density at radius 2 is 2.00 bits per heavy atom. The highest BCUT2D eigenvalue weighted by atomic mass is 79.9. The summed E-state index contributed by atoms with van der Waals surface area (Å²) in [7, 11) is 0. The van der Waals surface area contributed by atoms with Gasteiger partial charge in [-0.05, 0) is 44.2 Å². The Kier molecular flexibility index (Phi) is 4.23. The quantitative estimate of drug-likeness (QED) is 0.829.